The molecular weight excluding hydrogens is 345 g/mol. The molecule has 0 saturated carbocycles. The van der Waals surface area contributed by atoms with Crippen molar-refractivity contribution >= 4 is 16.9 Å². The van der Waals surface area contributed by atoms with Crippen LogP contribution < -0.4 is 5.32 Å². The van der Waals surface area contributed by atoms with Crippen LogP contribution >= 0.6 is 0 Å². The first-order chi connectivity index (χ1) is 13.0. The van der Waals surface area contributed by atoms with Gasteiger partial charge in [0.15, 0.2) is 0 Å². The summed E-state index contributed by atoms with van der Waals surface area (Å²) in [6, 6.07) is 14.3. The number of hydrogen-bond donors (Lipinski definition) is 2. The van der Waals surface area contributed by atoms with Crippen LogP contribution in [-0.2, 0) is 17.8 Å². The van der Waals surface area contributed by atoms with Crippen LogP contribution in [0.25, 0.3) is 11.0 Å². The predicted octanol–water partition coefficient (Wildman–Crippen LogP) is 3.04. The summed E-state index contributed by atoms with van der Waals surface area (Å²) >= 11 is 0. The maximum absolute atomic E-state index is 13.2. The van der Waals surface area contributed by atoms with Crippen molar-refractivity contribution in [2.24, 2.45) is 0 Å². The number of nitrogens with zero attached hydrogens (tertiary/aromatic N) is 2. The van der Waals surface area contributed by atoms with Crippen LogP contribution in [0.5, 0.6) is 0 Å². The van der Waals surface area contributed by atoms with Crippen LogP contribution in [0.15, 0.2) is 48.5 Å². The number of amides is 1. The van der Waals surface area contributed by atoms with E-state index < -0.39 is 6.10 Å². The molecule has 0 spiro atoms. The minimum absolute atomic E-state index is 0.0721. The first-order valence-electron chi connectivity index (χ1n) is 9.16. The lowest BCUT2D eigenvalue weighted by atomic mass is 10.2. The molecule has 0 aliphatic carbocycles. The Morgan fingerprint density at radius 1 is 1.22 bits per heavy atom. The van der Waals surface area contributed by atoms with Crippen LogP contribution in [0.1, 0.15) is 31.2 Å². The molecule has 0 radical (unpaired) electrons. The fourth-order valence-corrected chi connectivity index (χ4v) is 3.01. The molecule has 0 aliphatic rings. The second-order valence-corrected chi connectivity index (χ2v) is 6.72. The van der Waals surface area contributed by atoms with Gasteiger partial charge in [-0.2, -0.15) is 0 Å². The van der Waals surface area contributed by atoms with Gasteiger partial charge < -0.3 is 15.0 Å². The van der Waals surface area contributed by atoms with Gasteiger partial charge in [0.25, 0.3) is 0 Å². The second-order valence-electron chi connectivity index (χ2n) is 6.72. The van der Waals surface area contributed by atoms with E-state index in [0.29, 0.717) is 32.4 Å². The van der Waals surface area contributed by atoms with E-state index in [9.17, 15) is 14.3 Å². The Bertz CT molecular complexity index is 903. The minimum Gasteiger partial charge on any atom is -0.393 e. The molecule has 1 amide bonds. The highest BCUT2D eigenvalue weighted by molar-refractivity contribution is 5.76. The van der Waals surface area contributed by atoms with Crippen molar-refractivity contribution < 1.29 is 14.3 Å². The van der Waals surface area contributed by atoms with Crippen molar-refractivity contribution in [2.45, 2.75) is 38.8 Å². The van der Waals surface area contributed by atoms with Crippen LogP contribution in [0, 0.1) is 5.82 Å². The normalized spacial score (nSPS) is 12.3. The Balaban J connectivity index is 1.72. The highest BCUT2D eigenvalue weighted by atomic mass is 19.1. The largest absolute Gasteiger partial charge is 0.393 e. The van der Waals surface area contributed by atoms with Gasteiger partial charge in [-0.1, -0.05) is 24.3 Å². The van der Waals surface area contributed by atoms with Crippen LogP contribution in [-0.4, -0.2) is 33.2 Å². The Labute approximate surface area is 157 Å². The topological polar surface area (TPSA) is 67.2 Å². The summed E-state index contributed by atoms with van der Waals surface area (Å²) in [6.07, 6.45) is 0.880. The fraction of sp³-hybridized carbons (Fsp3) is 0.333. The molecule has 1 heterocycles. The van der Waals surface area contributed by atoms with Crippen molar-refractivity contribution in [2.75, 3.05) is 6.54 Å². The number of hydrogen-bond acceptors (Lipinski definition) is 3. The number of aliphatic hydroxyl groups excluding tert-OH is 1. The summed E-state index contributed by atoms with van der Waals surface area (Å²) < 4.78 is 15.3. The number of carbonyl (C=O) groups is 1. The molecule has 1 atom stereocenters. The molecule has 142 valence electrons. The third kappa shape index (κ3) is 5.14. The molecule has 5 nitrogen and oxygen atoms in total. The van der Waals surface area contributed by atoms with Crippen LogP contribution in [0.3, 0.4) is 0 Å². The molecular formula is C21H24FN3O2. The third-order valence-corrected chi connectivity index (χ3v) is 4.45. The maximum Gasteiger partial charge on any atom is 0.220 e. The van der Waals surface area contributed by atoms with E-state index in [-0.39, 0.29) is 11.7 Å². The standard InChI is InChI=1S/C21H24FN3O2/c1-15(26)6-11-21(27)23-13-12-20-24-18-4-2-3-5-19(18)25(20)14-16-7-9-17(22)10-8-16/h2-5,7-10,15,26H,6,11-14H2,1H3,(H,23,27). The zero-order valence-electron chi connectivity index (χ0n) is 15.4. The summed E-state index contributed by atoms with van der Waals surface area (Å²) in [5, 5.41) is 12.1. The Morgan fingerprint density at radius 2 is 1.96 bits per heavy atom. The smallest absolute Gasteiger partial charge is 0.220 e. The summed E-state index contributed by atoms with van der Waals surface area (Å²) in [5.41, 5.74) is 2.90. The highest BCUT2D eigenvalue weighted by Gasteiger charge is 2.12. The number of para-hydroxylation sites is 2. The molecule has 27 heavy (non-hydrogen) atoms. The maximum atomic E-state index is 13.2. The number of rotatable bonds is 8. The lowest BCUT2D eigenvalue weighted by Crippen LogP contribution is -2.27. The van der Waals surface area contributed by atoms with Gasteiger partial charge in [0, 0.05) is 25.9 Å². The second kappa shape index (κ2) is 8.77. The van der Waals surface area contributed by atoms with E-state index in [0.717, 1.165) is 22.4 Å². The lowest BCUT2D eigenvalue weighted by molar-refractivity contribution is -0.121. The molecule has 0 aliphatic heterocycles. The van der Waals surface area contributed by atoms with E-state index in [2.05, 4.69) is 9.88 Å². The first kappa shape index (κ1) is 19.0. The SMILES string of the molecule is CC(O)CCC(=O)NCCc1nc2ccccc2n1Cc1ccc(F)cc1. The summed E-state index contributed by atoms with van der Waals surface area (Å²) in [6.45, 7) is 2.74. The van der Waals surface area contributed by atoms with E-state index in [1.807, 2.05) is 24.3 Å². The Kier molecular flexibility index (Phi) is 6.19. The summed E-state index contributed by atoms with van der Waals surface area (Å²) in [7, 11) is 0. The van der Waals surface area contributed by atoms with E-state index >= 15 is 0 Å². The third-order valence-electron chi connectivity index (χ3n) is 4.45. The van der Waals surface area contributed by atoms with Crippen molar-refractivity contribution in [3.8, 4) is 0 Å². The molecule has 3 rings (SSSR count). The molecule has 0 saturated heterocycles. The number of nitrogens with one attached hydrogen (secondary N) is 1. The molecule has 0 fully saturated rings. The number of halogens is 1. The Morgan fingerprint density at radius 3 is 2.70 bits per heavy atom. The lowest BCUT2D eigenvalue weighted by Gasteiger charge is -2.11. The number of carbonyl (C=O) groups excluding carboxylic acids is 1. The van der Waals surface area contributed by atoms with Crippen molar-refractivity contribution in [1.29, 1.82) is 0 Å². The van der Waals surface area contributed by atoms with Gasteiger partial charge in [0.2, 0.25) is 5.91 Å². The molecule has 6 heteroatoms. The zero-order chi connectivity index (χ0) is 19.2. The van der Waals surface area contributed by atoms with E-state index in [4.69, 9.17) is 4.98 Å². The van der Waals surface area contributed by atoms with E-state index in [1.54, 1.807) is 19.1 Å². The van der Waals surface area contributed by atoms with Gasteiger partial charge in [-0.15, -0.1) is 0 Å². The van der Waals surface area contributed by atoms with Gasteiger partial charge >= 0.3 is 0 Å². The first-order valence-corrected chi connectivity index (χ1v) is 9.16. The molecule has 1 aromatic heterocycles. The average molecular weight is 369 g/mol. The van der Waals surface area contributed by atoms with Gasteiger partial charge in [-0.25, -0.2) is 9.37 Å². The summed E-state index contributed by atoms with van der Waals surface area (Å²) in [4.78, 5) is 16.5. The quantitative estimate of drug-likeness (QED) is 0.641. The Hall–Kier alpha value is -2.73. The van der Waals surface area contributed by atoms with Gasteiger partial charge in [0.1, 0.15) is 11.6 Å². The average Bonchev–Trinajstić information content (AvgIpc) is 2.99. The number of imidazole rings is 1. The number of benzene rings is 2. The number of aromatic nitrogens is 2. The molecule has 3 aromatic rings. The van der Waals surface area contributed by atoms with Crippen molar-refractivity contribution in [1.82, 2.24) is 14.9 Å². The number of aliphatic hydroxyl groups is 1. The molecule has 1 unspecified atom stereocenters. The molecule has 2 aromatic carbocycles. The van der Waals surface area contributed by atoms with Crippen molar-refractivity contribution in [3.05, 3.63) is 65.7 Å². The predicted molar refractivity (Wildman–Crippen MR) is 103 cm³/mol. The highest BCUT2D eigenvalue weighted by Crippen LogP contribution is 2.18. The number of fused-ring (bicyclic) bond motifs is 1. The van der Waals surface area contributed by atoms with E-state index in [1.165, 1.54) is 12.1 Å². The van der Waals surface area contributed by atoms with Crippen molar-refractivity contribution in [3.63, 3.8) is 0 Å². The minimum atomic E-state index is -0.476. The monoisotopic (exact) mass is 369 g/mol. The van der Waals surface area contributed by atoms with Gasteiger partial charge in [-0.05, 0) is 43.2 Å². The van der Waals surface area contributed by atoms with Crippen LogP contribution in [0.2, 0.25) is 0 Å². The molecule has 0 bridgehead atoms. The molecule has 2 N–H and O–H groups in total. The zero-order valence-corrected chi connectivity index (χ0v) is 15.4. The van der Waals surface area contributed by atoms with Gasteiger partial charge in [0.05, 0.1) is 17.1 Å². The van der Waals surface area contributed by atoms with Crippen LogP contribution in [0.4, 0.5) is 4.39 Å². The fourth-order valence-electron chi connectivity index (χ4n) is 3.01. The summed E-state index contributed by atoms with van der Waals surface area (Å²) in [5.74, 6) is 0.544. The van der Waals surface area contributed by atoms with Gasteiger partial charge in [-0.3, -0.25) is 4.79 Å².